The minimum Gasteiger partial charge on any atom is -0.395 e. The summed E-state index contributed by atoms with van der Waals surface area (Å²) in [4.78, 5) is 10.9. The lowest BCUT2D eigenvalue weighted by atomic mass is 9.86. The number of rotatable bonds is 3. The maximum atomic E-state index is 8.73. The van der Waals surface area contributed by atoms with Crippen molar-refractivity contribution < 1.29 is 5.11 Å². The Hall–Kier alpha value is -1.12. The lowest BCUT2D eigenvalue weighted by Gasteiger charge is -2.33. The van der Waals surface area contributed by atoms with Crippen LogP contribution in [0, 0.1) is 17.8 Å². The van der Waals surface area contributed by atoms with Crippen molar-refractivity contribution in [3.63, 3.8) is 0 Å². The molecular weight excluding hydrogens is 318 g/mol. The number of aliphatic hydroxyl groups excluding tert-OH is 1. The Morgan fingerprint density at radius 1 is 1.30 bits per heavy atom. The third-order valence-corrected chi connectivity index (χ3v) is 4.12. The highest BCUT2D eigenvalue weighted by atomic mass is 79.9. The molecule has 0 saturated heterocycles. The van der Waals surface area contributed by atoms with Crippen LogP contribution >= 0.6 is 15.9 Å². The van der Waals surface area contributed by atoms with Crippen molar-refractivity contribution in [2.24, 2.45) is 5.92 Å². The average molecular weight is 338 g/mol. The van der Waals surface area contributed by atoms with Gasteiger partial charge in [-0.15, -0.1) is 5.92 Å². The molecule has 1 aliphatic rings. The molecule has 2 rings (SSSR count). The van der Waals surface area contributed by atoms with E-state index in [1.807, 2.05) is 0 Å². The summed E-state index contributed by atoms with van der Waals surface area (Å²) in [5.74, 6) is 7.57. The molecule has 1 saturated carbocycles. The van der Waals surface area contributed by atoms with Crippen LogP contribution in [-0.4, -0.2) is 34.8 Å². The van der Waals surface area contributed by atoms with E-state index < -0.39 is 0 Å². The first kappa shape index (κ1) is 15.3. The first-order chi connectivity index (χ1) is 9.70. The molecule has 1 aromatic heterocycles. The van der Waals surface area contributed by atoms with Crippen LogP contribution in [-0.2, 0) is 0 Å². The molecule has 0 unspecified atom stereocenters. The number of hydrogen-bond acceptors (Lipinski definition) is 4. The van der Waals surface area contributed by atoms with E-state index in [-0.39, 0.29) is 6.61 Å². The Kier molecular flexibility index (Phi) is 5.81. The molecule has 108 valence electrons. The molecule has 0 atom stereocenters. The lowest BCUT2D eigenvalue weighted by Crippen LogP contribution is -2.36. The number of hydrogen-bond donors (Lipinski definition) is 1. The summed E-state index contributed by atoms with van der Waals surface area (Å²) in [6.07, 6.45) is 8.62. The molecule has 0 radical (unpaired) electrons. The number of halogens is 1. The highest BCUT2D eigenvalue weighted by Crippen LogP contribution is 2.28. The van der Waals surface area contributed by atoms with Crippen molar-refractivity contribution in [2.75, 3.05) is 18.6 Å². The van der Waals surface area contributed by atoms with E-state index >= 15 is 0 Å². The van der Waals surface area contributed by atoms with E-state index in [1.54, 1.807) is 12.4 Å². The third-order valence-electron chi connectivity index (χ3n) is 3.71. The first-order valence-corrected chi connectivity index (χ1v) is 7.79. The van der Waals surface area contributed by atoms with Crippen molar-refractivity contribution in [1.29, 1.82) is 0 Å². The van der Waals surface area contributed by atoms with E-state index in [1.165, 1.54) is 0 Å². The molecule has 1 aliphatic carbocycles. The average Bonchev–Trinajstić information content (AvgIpc) is 2.48. The molecule has 20 heavy (non-hydrogen) atoms. The summed E-state index contributed by atoms with van der Waals surface area (Å²) in [5, 5.41) is 8.73. The summed E-state index contributed by atoms with van der Waals surface area (Å²) in [5.41, 5.74) is 0. The summed E-state index contributed by atoms with van der Waals surface area (Å²) >= 11 is 3.35. The molecule has 1 heterocycles. The fourth-order valence-electron chi connectivity index (χ4n) is 2.53. The summed E-state index contributed by atoms with van der Waals surface area (Å²) < 4.78 is 0.900. The molecule has 0 amide bonds. The van der Waals surface area contributed by atoms with Crippen LogP contribution in [0.15, 0.2) is 16.9 Å². The third kappa shape index (κ3) is 4.19. The van der Waals surface area contributed by atoms with Gasteiger partial charge >= 0.3 is 0 Å². The number of aromatic nitrogens is 2. The molecule has 5 heteroatoms. The summed E-state index contributed by atoms with van der Waals surface area (Å²) in [6.45, 7) is 0.159. The topological polar surface area (TPSA) is 49.2 Å². The molecule has 0 bridgehead atoms. The van der Waals surface area contributed by atoms with E-state index in [0.29, 0.717) is 18.4 Å². The van der Waals surface area contributed by atoms with Gasteiger partial charge in [0.05, 0.1) is 11.1 Å². The van der Waals surface area contributed by atoms with Crippen LogP contribution in [0.1, 0.15) is 32.1 Å². The van der Waals surface area contributed by atoms with Crippen LogP contribution in [0.4, 0.5) is 5.95 Å². The van der Waals surface area contributed by atoms with Crippen LogP contribution in [0.3, 0.4) is 0 Å². The van der Waals surface area contributed by atoms with Crippen molar-refractivity contribution in [3.05, 3.63) is 16.9 Å². The Morgan fingerprint density at radius 2 is 1.95 bits per heavy atom. The van der Waals surface area contributed by atoms with Crippen LogP contribution in [0.2, 0.25) is 0 Å². The second-order valence-electron chi connectivity index (χ2n) is 5.11. The Morgan fingerprint density at radius 3 is 2.55 bits per heavy atom. The smallest absolute Gasteiger partial charge is 0.225 e. The second-order valence-corrected chi connectivity index (χ2v) is 6.03. The first-order valence-electron chi connectivity index (χ1n) is 7.00. The molecule has 0 aromatic carbocycles. The maximum absolute atomic E-state index is 8.73. The molecule has 1 fully saturated rings. The molecule has 0 spiro atoms. The number of aliphatic hydroxyl groups is 1. The zero-order valence-electron chi connectivity index (χ0n) is 11.7. The molecule has 4 nitrogen and oxygen atoms in total. The predicted molar refractivity (Wildman–Crippen MR) is 83.4 cm³/mol. The molecule has 0 aliphatic heterocycles. The zero-order valence-corrected chi connectivity index (χ0v) is 13.3. The number of nitrogens with zero attached hydrogens (tertiary/aromatic N) is 3. The highest BCUT2D eigenvalue weighted by Gasteiger charge is 2.24. The van der Waals surface area contributed by atoms with Gasteiger partial charge in [-0.2, -0.15) is 0 Å². The largest absolute Gasteiger partial charge is 0.395 e. The van der Waals surface area contributed by atoms with Gasteiger partial charge in [0.2, 0.25) is 5.95 Å². The van der Waals surface area contributed by atoms with Crippen molar-refractivity contribution in [2.45, 2.75) is 38.1 Å². The Bertz CT molecular complexity index is 472. The van der Waals surface area contributed by atoms with Gasteiger partial charge in [0.1, 0.15) is 0 Å². The lowest BCUT2D eigenvalue weighted by molar-refractivity contribution is 0.304. The number of anilines is 1. The summed E-state index contributed by atoms with van der Waals surface area (Å²) in [7, 11) is 2.06. The fraction of sp³-hybridized carbons (Fsp3) is 0.600. The monoisotopic (exact) mass is 337 g/mol. The highest BCUT2D eigenvalue weighted by molar-refractivity contribution is 9.10. The van der Waals surface area contributed by atoms with Gasteiger partial charge in [-0.25, -0.2) is 9.97 Å². The van der Waals surface area contributed by atoms with Crippen LogP contribution < -0.4 is 4.90 Å². The zero-order chi connectivity index (χ0) is 14.4. The van der Waals surface area contributed by atoms with Gasteiger partial charge in [-0.3, -0.25) is 0 Å². The van der Waals surface area contributed by atoms with E-state index in [2.05, 4.69) is 49.7 Å². The minimum atomic E-state index is 0.159. The van der Waals surface area contributed by atoms with Crippen LogP contribution in [0.5, 0.6) is 0 Å². The van der Waals surface area contributed by atoms with Crippen molar-refractivity contribution in [3.8, 4) is 11.8 Å². The molecule has 1 N–H and O–H groups in total. The van der Waals surface area contributed by atoms with E-state index in [0.717, 1.165) is 36.1 Å². The fourth-order valence-corrected chi connectivity index (χ4v) is 2.74. The second kappa shape index (κ2) is 7.61. The van der Waals surface area contributed by atoms with Crippen molar-refractivity contribution in [1.82, 2.24) is 9.97 Å². The van der Waals surface area contributed by atoms with E-state index in [9.17, 15) is 0 Å². The van der Waals surface area contributed by atoms with E-state index in [4.69, 9.17) is 5.11 Å². The Labute approximate surface area is 128 Å². The Balaban J connectivity index is 1.87. The van der Waals surface area contributed by atoms with Gasteiger partial charge in [-0.05, 0) is 41.6 Å². The van der Waals surface area contributed by atoms with Gasteiger partial charge in [0.25, 0.3) is 0 Å². The SMILES string of the molecule is CN(c1ncc(Br)cn1)C1CCC(C#CCCO)CC1. The normalized spacial score (nSPS) is 21.9. The molecule has 1 aromatic rings. The van der Waals surface area contributed by atoms with Gasteiger partial charge in [0, 0.05) is 37.8 Å². The molecular formula is C15H20BrN3O. The van der Waals surface area contributed by atoms with Crippen molar-refractivity contribution >= 4 is 21.9 Å². The van der Waals surface area contributed by atoms with Crippen LogP contribution in [0.25, 0.3) is 0 Å². The van der Waals surface area contributed by atoms with Gasteiger partial charge in [-0.1, -0.05) is 5.92 Å². The quantitative estimate of drug-likeness (QED) is 0.861. The standard InChI is InChI=1S/C15H20BrN3O/c1-19(15-17-10-13(16)11-18-15)14-7-5-12(6-8-14)4-2-3-9-20/h10-12,14,20H,3,5-9H2,1H3. The maximum Gasteiger partial charge on any atom is 0.225 e. The van der Waals surface area contributed by atoms with Gasteiger partial charge < -0.3 is 10.0 Å². The summed E-state index contributed by atoms with van der Waals surface area (Å²) in [6, 6.07) is 0.493. The predicted octanol–water partition coefficient (Wildman–Crippen LogP) is 2.62. The minimum absolute atomic E-state index is 0.159. The van der Waals surface area contributed by atoms with Gasteiger partial charge in [0.15, 0.2) is 0 Å².